The van der Waals surface area contributed by atoms with Crippen LogP contribution in [0.5, 0.6) is 0 Å². The Morgan fingerprint density at radius 2 is 2.00 bits per heavy atom. The molecule has 4 rings (SSSR count). The van der Waals surface area contributed by atoms with Gasteiger partial charge in [-0.2, -0.15) is 0 Å². The lowest BCUT2D eigenvalue weighted by Crippen LogP contribution is -2.60. The minimum absolute atomic E-state index is 0.264. The normalized spacial score (nSPS) is 25.1. The first kappa shape index (κ1) is 14.7. The monoisotopic (exact) mass is 336 g/mol. The Bertz CT molecular complexity index is 650. The zero-order chi connectivity index (χ0) is 15.7. The van der Waals surface area contributed by atoms with Crippen molar-refractivity contribution in [1.82, 2.24) is 20.2 Å². The number of ether oxygens (including phenoxy) is 1. The largest absolute Gasteiger partial charge is 0.369 e. The molecular formula is C14H17FN6OS. The average Bonchev–Trinajstić information content (AvgIpc) is 3.10. The molecule has 0 aliphatic carbocycles. The molecule has 23 heavy (non-hydrogen) atoms. The highest BCUT2D eigenvalue weighted by molar-refractivity contribution is 7.13. The van der Waals surface area contributed by atoms with E-state index in [1.807, 2.05) is 0 Å². The molecule has 0 unspecified atom stereocenters. The number of aromatic nitrogens is 4. The molecule has 2 aromatic rings. The van der Waals surface area contributed by atoms with Gasteiger partial charge in [0.15, 0.2) is 5.82 Å². The first-order valence-electron chi connectivity index (χ1n) is 7.62. The summed E-state index contributed by atoms with van der Waals surface area (Å²) in [4.78, 5) is 12.5. The Hall–Kier alpha value is -1.87. The number of nitrogens with zero attached hydrogens (tertiary/aromatic N) is 6. The van der Waals surface area contributed by atoms with Gasteiger partial charge in [0.05, 0.1) is 32.1 Å². The number of hydrogen-bond donors (Lipinski definition) is 0. The summed E-state index contributed by atoms with van der Waals surface area (Å²) in [6, 6.07) is 0. The van der Waals surface area contributed by atoms with Crippen molar-refractivity contribution in [3.63, 3.8) is 0 Å². The van der Waals surface area contributed by atoms with Crippen molar-refractivity contribution in [2.75, 3.05) is 42.6 Å². The molecule has 9 heteroatoms. The quantitative estimate of drug-likeness (QED) is 0.820. The number of piperidine rings is 1. The van der Waals surface area contributed by atoms with Gasteiger partial charge in [-0.15, -0.1) is 10.2 Å². The standard InChI is InChI=1S/C14H17FN6OS/c15-11-6-16-12(17-7-11)20-3-1-2-14(8-20)9-21(4-5-22-14)13-19-18-10-23-13/h6-7,10H,1-5,8-9H2/t14-/m1/s1. The van der Waals surface area contributed by atoms with Crippen LogP contribution in [0.25, 0.3) is 0 Å². The summed E-state index contributed by atoms with van der Waals surface area (Å²) in [6.45, 7) is 3.82. The molecule has 2 fully saturated rings. The number of anilines is 2. The van der Waals surface area contributed by atoms with E-state index >= 15 is 0 Å². The van der Waals surface area contributed by atoms with Crippen LogP contribution in [-0.4, -0.2) is 58.6 Å². The number of hydrogen-bond acceptors (Lipinski definition) is 8. The highest BCUT2D eigenvalue weighted by atomic mass is 32.1. The lowest BCUT2D eigenvalue weighted by atomic mass is 9.91. The van der Waals surface area contributed by atoms with Gasteiger partial charge in [0.1, 0.15) is 11.1 Å². The van der Waals surface area contributed by atoms with Crippen LogP contribution >= 0.6 is 11.3 Å². The Kier molecular flexibility index (Phi) is 3.82. The van der Waals surface area contributed by atoms with Crippen LogP contribution in [0.2, 0.25) is 0 Å². The van der Waals surface area contributed by atoms with E-state index in [0.29, 0.717) is 19.1 Å². The average molecular weight is 336 g/mol. The topological polar surface area (TPSA) is 67.3 Å². The molecule has 0 saturated carbocycles. The van der Waals surface area contributed by atoms with Gasteiger partial charge in [0.25, 0.3) is 0 Å². The van der Waals surface area contributed by atoms with E-state index in [-0.39, 0.29) is 5.60 Å². The Morgan fingerprint density at radius 3 is 2.78 bits per heavy atom. The molecule has 0 amide bonds. The summed E-state index contributed by atoms with van der Waals surface area (Å²) in [6.07, 6.45) is 4.39. The third-order valence-electron chi connectivity index (χ3n) is 4.30. The number of morpholine rings is 1. The fourth-order valence-electron chi connectivity index (χ4n) is 3.30. The third kappa shape index (κ3) is 2.98. The van der Waals surface area contributed by atoms with E-state index in [1.165, 1.54) is 12.4 Å². The van der Waals surface area contributed by atoms with E-state index in [2.05, 4.69) is 30.0 Å². The van der Waals surface area contributed by atoms with Crippen molar-refractivity contribution >= 4 is 22.4 Å². The van der Waals surface area contributed by atoms with Crippen molar-refractivity contribution in [3.05, 3.63) is 23.7 Å². The molecule has 4 heterocycles. The summed E-state index contributed by atoms with van der Waals surface area (Å²) >= 11 is 1.54. The van der Waals surface area contributed by atoms with E-state index in [0.717, 1.165) is 37.6 Å². The highest BCUT2D eigenvalue weighted by Gasteiger charge is 2.41. The van der Waals surface area contributed by atoms with Gasteiger partial charge >= 0.3 is 0 Å². The van der Waals surface area contributed by atoms with Crippen molar-refractivity contribution in [2.45, 2.75) is 18.4 Å². The van der Waals surface area contributed by atoms with Gasteiger partial charge in [-0.3, -0.25) is 0 Å². The predicted octanol–water partition coefficient (Wildman–Crippen LogP) is 1.34. The summed E-state index contributed by atoms with van der Waals surface area (Å²) in [5.74, 6) is 0.138. The van der Waals surface area contributed by atoms with Gasteiger partial charge in [-0.25, -0.2) is 14.4 Å². The number of halogens is 1. The molecule has 2 saturated heterocycles. The smallest absolute Gasteiger partial charge is 0.225 e. The van der Waals surface area contributed by atoms with E-state index in [4.69, 9.17) is 4.74 Å². The van der Waals surface area contributed by atoms with Gasteiger partial charge in [-0.05, 0) is 12.8 Å². The highest BCUT2D eigenvalue weighted by Crippen LogP contribution is 2.32. The second-order valence-corrected chi connectivity index (χ2v) is 6.71. The van der Waals surface area contributed by atoms with Gasteiger partial charge in [-0.1, -0.05) is 11.3 Å². The second-order valence-electron chi connectivity index (χ2n) is 5.90. The van der Waals surface area contributed by atoms with Crippen LogP contribution < -0.4 is 9.80 Å². The molecule has 1 spiro atoms. The third-order valence-corrected chi connectivity index (χ3v) is 5.05. The number of rotatable bonds is 2. The minimum atomic E-state index is -0.420. The molecule has 2 aliphatic rings. The Morgan fingerprint density at radius 1 is 1.17 bits per heavy atom. The van der Waals surface area contributed by atoms with Crippen LogP contribution in [0, 0.1) is 5.82 Å². The summed E-state index contributed by atoms with van der Waals surface area (Å²) in [5, 5.41) is 9.02. The second kappa shape index (κ2) is 5.97. The zero-order valence-electron chi connectivity index (χ0n) is 12.6. The molecule has 2 aromatic heterocycles. The molecule has 0 bridgehead atoms. The molecule has 122 valence electrons. The van der Waals surface area contributed by atoms with Crippen molar-refractivity contribution in [3.8, 4) is 0 Å². The fourth-order valence-corrected chi connectivity index (χ4v) is 3.89. The maximum absolute atomic E-state index is 13.0. The first-order chi connectivity index (χ1) is 11.2. The van der Waals surface area contributed by atoms with Crippen molar-refractivity contribution < 1.29 is 9.13 Å². The van der Waals surface area contributed by atoms with E-state index < -0.39 is 5.82 Å². The van der Waals surface area contributed by atoms with Crippen LogP contribution in [-0.2, 0) is 4.74 Å². The molecule has 0 radical (unpaired) electrons. The summed E-state index contributed by atoms with van der Waals surface area (Å²) < 4.78 is 19.2. The molecule has 7 nitrogen and oxygen atoms in total. The van der Waals surface area contributed by atoms with Crippen LogP contribution in [0.4, 0.5) is 15.5 Å². The minimum Gasteiger partial charge on any atom is -0.369 e. The summed E-state index contributed by atoms with van der Waals surface area (Å²) in [5.41, 5.74) is 1.48. The van der Waals surface area contributed by atoms with Crippen molar-refractivity contribution in [1.29, 1.82) is 0 Å². The Labute approximate surface area is 137 Å². The van der Waals surface area contributed by atoms with Gasteiger partial charge < -0.3 is 14.5 Å². The van der Waals surface area contributed by atoms with Crippen LogP contribution in [0.3, 0.4) is 0 Å². The fraction of sp³-hybridized carbons (Fsp3) is 0.571. The zero-order valence-corrected chi connectivity index (χ0v) is 13.4. The van der Waals surface area contributed by atoms with Gasteiger partial charge in [0.2, 0.25) is 11.1 Å². The lowest BCUT2D eigenvalue weighted by Gasteiger charge is -2.47. The van der Waals surface area contributed by atoms with Crippen LogP contribution in [0.1, 0.15) is 12.8 Å². The van der Waals surface area contributed by atoms with Gasteiger partial charge in [0, 0.05) is 13.1 Å². The molecule has 2 aliphatic heterocycles. The molecule has 1 atom stereocenters. The first-order valence-corrected chi connectivity index (χ1v) is 8.50. The summed E-state index contributed by atoms with van der Waals surface area (Å²) in [7, 11) is 0. The van der Waals surface area contributed by atoms with E-state index in [1.54, 1.807) is 16.8 Å². The molecular weight excluding hydrogens is 319 g/mol. The van der Waals surface area contributed by atoms with Crippen molar-refractivity contribution in [2.24, 2.45) is 0 Å². The SMILES string of the molecule is Fc1cnc(N2CCC[C@@]3(C2)CN(c2nncs2)CCO3)nc1. The lowest BCUT2D eigenvalue weighted by molar-refractivity contribution is -0.0631. The molecule has 0 N–H and O–H groups in total. The maximum Gasteiger partial charge on any atom is 0.225 e. The van der Waals surface area contributed by atoms with E-state index in [9.17, 15) is 4.39 Å². The predicted molar refractivity (Wildman–Crippen MR) is 84.2 cm³/mol. The maximum atomic E-state index is 13.0. The van der Waals surface area contributed by atoms with Crippen LogP contribution in [0.15, 0.2) is 17.9 Å². The molecule has 0 aromatic carbocycles. The Balaban J connectivity index is 1.52.